The SMILES string of the molecule is Cc1nnc(NC(=O)c2ccc(-c3ccc([N+](=O)[O-])cc3Cl)o2)s1. The standard InChI is InChI=1S/C14H9ClN4O4S/c1-7-17-18-14(24-7)16-13(20)12-5-4-11(23-12)9-3-2-8(19(21)22)6-10(9)15/h2-6H,1H3,(H,16,18,20). The van der Waals surface area contributed by atoms with Crippen molar-refractivity contribution in [2.24, 2.45) is 0 Å². The van der Waals surface area contributed by atoms with Crippen LogP contribution >= 0.6 is 22.9 Å². The number of carbonyl (C=O) groups excluding carboxylic acids is 1. The number of nitro groups is 1. The summed E-state index contributed by atoms with van der Waals surface area (Å²) >= 11 is 7.29. The van der Waals surface area contributed by atoms with Gasteiger partial charge in [-0.25, -0.2) is 0 Å². The Hall–Kier alpha value is -2.78. The van der Waals surface area contributed by atoms with E-state index < -0.39 is 10.8 Å². The number of benzene rings is 1. The molecule has 0 saturated carbocycles. The molecule has 0 unspecified atom stereocenters. The number of amides is 1. The minimum absolute atomic E-state index is 0.0623. The number of furan rings is 1. The highest BCUT2D eigenvalue weighted by Gasteiger charge is 2.17. The second-order valence-electron chi connectivity index (χ2n) is 4.67. The lowest BCUT2D eigenvalue weighted by molar-refractivity contribution is -0.384. The molecule has 0 saturated heterocycles. The number of carbonyl (C=O) groups is 1. The van der Waals surface area contributed by atoms with Crippen LogP contribution in [0, 0.1) is 17.0 Å². The first-order valence-corrected chi connectivity index (χ1v) is 7.79. The summed E-state index contributed by atoms with van der Waals surface area (Å²) in [5.74, 6) is -0.0869. The van der Waals surface area contributed by atoms with E-state index >= 15 is 0 Å². The summed E-state index contributed by atoms with van der Waals surface area (Å²) in [5.41, 5.74) is 0.327. The Morgan fingerprint density at radius 3 is 2.75 bits per heavy atom. The molecular weight excluding hydrogens is 356 g/mol. The van der Waals surface area contributed by atoms with E-state index in [0.717, 1.165) is 5.01 Å². The predicted octanol–water partition coefficient (Wildman–Crippen LogP) is 3.92. The van der Waals surface area contributed by atoms with Gasteiger partial charge in [-0.05, 0) is 25.1 Å². The van der Waals surface area contributed by atoms with Gasteiger partial charge in [0, 0.05) is 17.7 Å². The number of nitrogens with one attached hydrogen (secondary N) is 1. The second-order valence-corrected chi connectivity index (χ2v) is 6.25. The van der Waals surface area contributed by atoms with Crippen molar-refractivity contribution in [1.82, 2.24) is 10.2 Å². The maximum atomic E-state index is 12.1. The Kier molecular flexibility index (Phi) is 4.28. The van der Waals surface area contributed by atoms with Gasteiger partial charge in [0.2, 0.25) is 5.13 Å². The highest BCUT2D eigenvalue weighted by Crippen LogP contribution is 2.32. The Morgan fingerprint density at radius 2 is 2.12 bits per heavy atom. The van der Waals surface area contributed by atoms with Crippen LogP contribution in [0.4, 0.5) is 10.8 Å². The van der Waals surface area contributed by atoms with Crippen molar-refractivity contribution >= 4 is 39.7 Å². The third-order valence-corrected chi connectivity index (χ3v) is 4.07. The molecule has 0 bridgehead atoms. The molecule has 0 aliphatic heterocycles. The fourth-order valence-corrected chi connectivity index (χ4v) is 2.78. The van der Waals surface area contributed by atoms with Crippen LogP contribution in [0.2, 0.25) is 5.02 Å². The van der Waals surface area contributed by atoms with Crippen LogP contribution in [0.5, 0.6) is 0 Å². The number of hydrogen-bond acceptors (Lipinski definition) is 7. The maximum absolute atomic E-state index is 12.1. The van der Waals surface area contributed by atoms with Crippen molar-refractivity contribution in [2.45, 2.75) is 6.92 Å². The number of hydrogen-bond donors (Lipinski definition) is 1. The van der Waals surface area contributed by atoms with E-state index in [2.05, 4.69) is 15.5 Å². The second kappa shape index (κ2) is 6.38. The zero-order valence-electron chi connectivity index (χ0n) is 12.1. The Balaban J connectivity index is 1.82. The van der Waals surface area contributed by atoms with Crippen molar-refractivity contribution in [3.8, 4) is 11.3 Å². The molecule has 2 heterocycles. The molecule has 122 valence electrons. The number of aromatic nitrogens is 2. The molecule has 24 heavy (non-hydrogen) atoms. The molecule has 3 aromatic rings. The van der Waals surface area contributed by atoms with E-state index in [1.807, 2.05) is 0 Å². The Bertz CT molecular complexity index is 937. The molecule has 10 heteroatoms. The van der Waals surface area contributed by atoms with Gasteiger partial charge in [0.15, 0.2) is 5.76 Å². The summed E-state index contributed by atoms with van der Waals surface area (Å²) in [4.78, 5) is 22.3. The zero-order chi connectivity index (χ0) is 17.3. The van der Waals surface area contributed by atoms with Crippen molar-refractivity contribution in [2.75, 3.05) is 5.32 Å². The van der Waals surface area contributed by atoms with Crippen molar-refractivity contribution in [3.63, 3.8) is 0 Å². The van der Waals surface area contributed by atoms with E-state index in [-0.39, 0.29) is 16.5 Å². The first kappa shape index (κ1) is 16.1. The summed E-state index contributed by atoms with van der Waals surface area (Å²) < 4.78 is 5.48. The lowest BCUT2D eigenvalue weighted by atomic mass is 10.1. The van der Waals surface area contributed by atoms with Crippen LogP contribution in [0.25, 0.3) is 11.3 Å². The quantitative estimate of drug-likeness (QED) is 0.554. The van der Waals surface area contributed by atoms with Crippen LogP contribution in [-0.4, -0.2) is 21.0 Å². The number of non-ortho nitro benzene ring substituents is 1. The minimum atomic E-state index is -0.541. The van der Waals surface area contributed by atoms with Crippen molar-refractivity contribution in [1.29, 1.82) is 0 Å². The fraction of sp³-hybridized carbons (Fsp3) is 0.0714. The van der Waals surface area contributed by atoms with Gasteiger partial charge < -0.3 is 4.42 Å². The molecule has 2 aromatic heterocycles. The first-order valence-electron chi connectivity index (χ1n) is 6.59. The fourth-order valence-electron chi connectivity index (χ4n) is 1.93. The summed E-state index contributed by atoms with van der Waals surface area (Å²) in [7, 11) is 0. The van der Waals surface area contributed by atoms with Gasteiger partial charge in [-0.15, -0.1) is 10.2 Å². The van der Waals surface area contributed by atoms with Crippen LogP contribution in [0.3, 0.4) is 0 Å². The number of nitrogens with zero attached hydrogens (tertiary/aromatic N) is 3. The molecule has 1 amide bonds. The first-order chi connectivity index (χ1) is 11.4. The Labute approximate surface area is 144 Å². The maximum Gasteiger partial charge on any atom is 0.293 e. The third-order valence-electron chi connectivity index (χ3n) is 3.01. The molecule has 1 aromatic carbocycles. The smallest absolute Gasteiger partial charge is 0.293 e. The highest BCUT2D eigenvalue weighted by atomic mass is 35.5. The molecule has 3 rings (SSSR count). The lowest BCUT2D eigenvalue weighted by Crippen LogP contribution is -2.10. The largest absolute Gasteiger partial charge is 0.451 e. The average Bonchev–Trinajstić information content (AvgIpc) is 3.16. The lowest BCUT2D eigenvalue weighted by Gasteiger charge is -2.01. The molecule has 8 nitrogen and oxygen atoms in total. The van der Waals surface area contributed by atoms with Gasteiger partial charge in [0.1, 0.15) is 10.8 Å². The minimum Gasteiger partial charge on any atom is -0.451 e. The predicted molar refractivity (Wildman–Crippen MR) is 88.4 cm³/mol. The van der Waals surface area contributed by atoms with Gasteiger partial charge in [-0.2, -0.15) is 0 Å². The molecule has 0 atom stereocenters. The summed E-state index contributed by atoms with van der Waals surface area (Å²) in [6.07, 6.45) is 0. The van der Waals surface area contributed by atoms with Crippen LogP contribution in [0.15, 0.2) is 34.7 Å². The molecular formula is C14H9ClN4O4S. The number of aryl methyl sites for hydroxylation is 1. The highest BCUT2D eigenvalue weighted by molar-refractivity contribution is 7.15. The van der Waals surface area contributed by atoms with Crippen molar-refractivity contribution in [3.05, 3.63) is 56.2 Å². The summed E-state index contributed by atoms with van der Waals surface area (Å²) in [5, 5.41) is 22.1. The molecule has 0 radical (unpaired) electrons. The summed E-state index contributed by atoms with van der Waals surface area (Å²) in [6, 6.07) is 7.05. The number of rotatable bonds is 4. The third kappa shape index (κ3) is 3.26. The Morgan fingerprint density at radius 1 is 1.33 bits per heavy atom. The monoisotopic (exact) mass is 364 g/mol. The molecule has 0 aliphatic rings. The number of halogens is 1. The van der Waals surface area contributed by atoms with Crippen molar-refractivity contribution < 1.29 is 14.1 Å². The molecule has 0 aliphatic carbocycles. The van der Waals surface area contributed by atoms with Gasteiger partial charge in [-0.3, -0.25) is 20.2 Å². The van der Waals surface area contributed by atoms with Gasteiger partial charge in [0.05, 0.1) is 9.95 Å². The van der Waals surface area contributed by atoms with Crippen LogP contribution < -0.4 is 5.32 Å². The van der Waals surface area contributed by atoms with E-state index in [1.165, 1.54) is 35.6 Å². The molecule has 1 N–H and O–H groups in total. The molecule has 0 fully saturated rings. The number of anilines is 1. The van der Waals surface area contributed by atoms with E-state index in [9.17, 15) is 14.9 Å². The molecule has 0 spiro atoms. The zero-order valence-corrected chi connectivity index (χ0v) is 13.7. The van der Waals surface area contributed by atoms with Crippen LogP contribution in [-0.2, 0) is 0 Å². The normalized spacial score (nSPS) is 10.6. The average molecular weight is 365 g/mol. The van der Waals surface area contributed by atoms with E-state index in [0.29, 0.717) is 16.5 Å². The van der Waals surface area contributed by atoms with Gasteiger partial charge in [-0.1, -0.05) is 22.9 Å². The van der Waals surface area contributed by atoms with Gasteiger partial charge in [0.25, 0.3) is 11.6 Å². The number of nitro benzene ring substituents is 1. The van der Waals surface area contributed by atoms with E-state index in [1.54, 1.807) is 13.0 Å². The topological polar surface area (TPSA) is 111 Å². The van der Waals surface area contributed by atoms with E-state index in [4.69, 9.17) is 16.0 Å². The summed E-state index contributed by atoms with van der Waals surface area (Å²) in [6.45, 7) is 1.77. The van der Waals surface area contributed by atoms with Gasteiger partial charge >= 0.3 is 0 Å². The van der Waals surface area contributed by atoms with Crippen LogP contribution in [0.1, 0.15) is 15.6 Å².